The first-order valence-corrected chi connectivity index (χ1v) is 12.2. The lowest BCUT2D eigenvalue weighted by molar-refractivity contribution is -0.140. The van der Waals surface area contributed by atoms with E-state index in [1.807, 2.05) is 17.0 Å². The Labute approximate surface area is 193 Å². The van der Waals surface area contributed by atoms with E-state index in [1.165, 1.54) is 5.56 Å². The van der Waals surface area contributed by atoms with Crippen molar-refractivity contribution in [1.29, 1.82) is 0 Å². The number of amides is 1. The number of piperidine rings is 1. The number of ether oxygens (including phenoxy) is 2. The number of carbonyl (C=O) groups is 1. The lowest BCUT2D eigenvalue weighted by Crippen LogP contribution is -2.50. The highest BCUT2D eigenvalue weighted by atomic mass is 16.5. The van der Waals surface area contributed by atoms with Gasteiger partial charge in [-0.3, -0.25) is 9.79 Å². The normalized spacial score (nSPS) is 18.2. The number of hydrogen-bond donors (Lipinski definition) is 1. The summed E-state index contributed by atoms with van der Waals surface area (Å²) in [6.07, 6.45) is 2.67. The molecule has 2 heterocycles. The van der Waals surface area contributed by atoms with E-state index in [4.69, 9.17) is 14.5 Å². The zero-order valence-electron chi connectivity index (χ0n) is 20.0. The summed E-state index contributed by atoms with van der Waals surface area (Å²) in [7, 11) is 0. The monoisotopic (exact) mass is 444 g/mol. The van der Waals surface area contributed by atoms with Gasteiger partial charge in [0.05, 0.1) is 19.8 Å². The van der Waals surface area contributed by atoms with E-state index in [2.05, 4.69) is 43.1 Å². The van der Waals surface area contributed by atoms with Crippen LogP contribution < -0.4 is 10.1 Å². The highest BCUT2D eigenvalue weighted by Gasteiger charge is 2.30. The van der Waals surface area contributed by atoms with Gasteiger partial charge in [-0.15, -0.1) is 0 Å². The first-order valence-electron chi connectivity index (χ1n) is 12.2. The molecule has 1 aromatic rings. The topological polar surface area (TPSA) is 66.4 Å². The van der Waals surface area contributed by atoms with Gasteiger partial charge in [-0.25, -0.2) is 0 Å². The SMILES string of the molecule is CCNC(=NCCc1ccc(OCC(C)C)cc1)N1CCC(C(=O)N2CCOCC2)CC1. The molecule has 3 rings (SSSR count). The summed E-state index contributed by atoms with van der Waals surface area (Å²) in [4.78, 5) is 21.9. The van der Waals surface area contributed by atoms with E-state index in [-0.39, 0.29) is 5.92 Å². The molecule has 0 aromatic heterocycles. The van der Waals surface area contributed by atoms with E-state index < -0.39 is 0 Å². The van der Waals surface area contributed by atoms with Crippen LogP contribution in [0.25, 0.3) is 0 Å². The fourth-order valence-electron chi connectivity index (χ4n) is 4.11. The third kappa shape index (κ3) is 7.40. The standard InChI is InChI=1S/C25H40N4O3/c1-4-26-25(27-12-9-21-5-7-23(8-6-21)32-19-20(2)3)29-13-10-22(11-14-29)24(30)28-15-17-31-18-16-28/h5-8,20,22H,4,9-19H2,1-3H3,(H,26,27). The molecule has 0 bridgehead atoms. The Morgan fingerprint density at radius 1 is 1.12 bits per heavy atom. The van der Waals surface area contributed by atoms with Crippen LogP contribution in [0.1, 0.15) is 39.2 Å². The molecular weight excluding hydrogens is 404 g/mol. The predicted octanol–water partition coefficient (Wildman–Crippen LogP) is 2.80. The second-order valence-corrected chi connectivity index (χ2v) is 9.03. The number of hydrogen-bond acceptors (Lipinski definition) is 4. The number of likely N-dealkylation sites (tertiary alicyclic amines) is 1. The van der Waals surface area contributed by atoms with Gasteiger partial charge >= 0.3 is 0 Å². The lowest BCUT2D eigenvalue weighted by atomic mass is 9.95. The molecule has 1 aromatic carbocycles. The minimum absolute atomic E-state index is 0.128. The van der Waals surface area contributed by atoms with Crippen LogP contribution in [0.5, 0.6) is 5.75 Å². The van der Waals surface area contributed by atoms with Crippen LogP contribution in [0, 0.1) is 11.8 Å². The summed E-state index contributed by atoms with van der Waals surface area (Å²) < 4.78 is 11.1. The van der Waals surface area contributed by atoms with Crippen LogP contribution in [0.2, 0.25) is 0 Å². The van der Waals surface area contributed by atoms with Crippen LogP contribution >= 0.6 is 0 Å². The van der Waals surface area contributed by atoms with Gasteiger partial charge < -0.3 is 24.6 Å². The molecule has 0 saturated carbocycles. The molecule has 0 aliphatic carbocycles. The van der Waals surface area contributed by atoms with Gasteiger partial charge in [-0.05, 0) is 49.8 Å². The van der Waals surface area contributed by atoms with Gasteiger partial charge in [0.25, 0.3) is 0 Å². The van der Waals surface area contributed by atoms with Crippen LogP contribution in [-0.4, -0.2) is 80.8 Å². The molecule has 2 aliphatic heterocycles. The third-order valence-corrected chi connectivity index (χ3v) is 5.97. The minimum atomic E-state index is 0.128. The molecule has 2 fully saturated rings. The molecule has 7 heteroatoms. The molecule has 1 amide bonds. The lowest BCUT2D eigenvalue weighted by Gasteiger charge is -2.36. The van der Waals surface area contributed by atoms with E-state index in [1.54, 1.807) is 0 Å². The Hall–Kier alpha value is -2.28. The van der Waals surface area contributed by atoms with E-state index >= 15 is 0 Å². The second-order valence-electron chi connectivity index (χ2n) is 9.03. The van der Waals surface area contributed by atoms with E-state index in [0.29, 0.717) is 25.0 Å². The number of aliphatic imine (C=N–C) groups is 1. The number of morpholine rings is 1. The number of benzene rings is 1. The number of carbonyl (C=O) groups excluding carboxylic acids is 1. The summed E-state index contributed by atoms with van der Waals surface area (Å²) in [5, 5.41) is 3.43. The minimum Gasteiger partial charge on any atom is -0.493 e. The molecule has 2 aliphatic rings. The fourth-order valence-corrected chi connectivity index (χ4v) is 4.11. The molecule has 0 radical (unpaired) electrons. The smallest absolute Gasteiger partial charge is 0.225 e. The fraction of sp³-hybridized carbons (Fsp3) is 0.680. The summed E-state index contributed by atoms with van der Waals surface area (Å²) in [6.45, 7) is 13.2. The van der Waals surface area contributed by atoms with Crippen LogP contribution in [0.4, 0.5) is 0 Å². The number of guanidine groups is 1. The summed E-state index contributed by atoms with van der Waals surface area (Å²) >= 11 is 0. The molecular formula is C25H40N4O3. The largest absolute Gasteiger partial charge is 0.493 e. The van der Waals surface area contributed by atoms with E-state index in [0.717, 1.165) is 76.8 Å². The van der Waals surface area contributed by atoms with Crippen LogP contribution in [0.15, 0.2) is 29.3 Å². The molecule has 178 valence electrons. The number of rotatable bonds is 8. The van der Waals surface area contributed by atoms with Crippen LogP contribution in [0.3, 0.4) is 0 Å². The van der Waals surface area contributed by atoms with Gasteiger partial charge in [0.15, 0.2) is 5.96 Å². The molecule has 1 N–H and O–H groups in total. The highest BCUT2D eigenvalue weighted by Crippen LogP contribution is 2.20. The van der Waals surface area contributed by atoms with Crippen molar-refractivity contribution < 1.29 is 14.3 Å². The first kappa shape index (κ1) is 24.4. The maximum Gasteiger partial charge on any atom is 0.225 e. The summed E-state index contributed by atoms with van der Waals surface area (Å²) in [6, 6.07) is 8.34. The van der Waals surface area contributed by atoms with Crippen LogP contribution in [-0.2, 0) is 16.0 Å². The number of nitrogens with one attached hydrogen (secondary N) is 1. The first-order chi connectivity index (χ1) is 15.6. The molecule has 2 saturated heterocycles. The maximum atomic E-state index is 12.8. The molecule has 0 unspecified atom stereocenters. The van der Waals surface area contributed by atoms with Crippen molar-refractivity contribution in [1.82, 2.24) is 15.1 Å². The van der Waals surface area contributed by atoms with Gasteiger partial charge in [0, 0.05) is 45.2 Å². The van der Waals surface area contributed by atoms with Crippen molar-refractivity contribution in [2.75, 3.05) is 59.1 Å². The Balaban J connectivity index is 1.47. The zero-order chi connectivity index (χ0) is 22.8. The Morgan fingerprint density at radius 3 is 2.44 bits per heavy atom. The van der Waals surface area contributed by atoms with Crippen molar-refractivity contribution >= 4 is 11.9 Å². The van der Waals surface area contributed by atoms with Crippen molar-refractivity contribution in [2.45, 2.75) is 40.0 Å². The van der Waals surface area contributed by atoms with Crippen molar-refractivity contribution in [3.8, 4) is 5.75 Å². The third-order valence-electron chi connectivity index (χ3n) is 5.97. The Kier molecular flexibility index (Phi) is 9.65. The van der Waals surface area contributed by atoms with Crippen molar-refractivity contribution in [3.05, 3.63) is 29.8 Å². The average molecular weight is 445 g/mol. The second kappa shape index (κ2) is 12.7. The quantitative estimate of drug-likeness (QED) is 0.493. The average Bonchev–Trinajstić information content (AvgIpc) is 2.83. The van der Waals surface area contributed by atoms with Gasteiger partial charge in [0.1, 0.15) is 5.75 Å². The van der Waals surface area contributed by atoms with Crippen molar-refractivity contribution in [3.63, 3.8) is 0 Å². The van der Waals surface area contributed by atoms with Crippen molar-refractivity contribution in [2.24, 2.45) is 16.8 Å². The van der Waals surface area contributed by atoms with Gasteiger partial charge in [-0.2, -0.15) is 0 Å². The molecule has 32 heavy (non-hydrogen) atoms. The predicted molar refractivity (Wildman–Crippen MR) is 128 cm³/mol. The van der Waals surface area contributed by atoms with E-state index in [9.17, 15) is 4.79 Å². The molecule has 7 nitrogen and oxygen atoms in total. The van der Waals surface area contributed by atoms with Gasteiger partial charge in [-0.1, -0.05) is 26.0 Å². The highest BCUT2D eigenvalue weighted by molar-refractivity contribution is 5.82. The summed E-state index contributed by atoms with van der Waals surface area (Å²) in [5.41, 5.74) is 1.26. The Morgan fingerprint density at radius 2 is 1.81 bits per heavy atom. The zero-order valence-corrected chi connectivity index (χ0v) is 20.0. The maximum absolute atomic E-state index is 12.8. The molecule has 0 spiro atoms. The number of nitrogens with zero attached hydrogens (tertiary/aromatic N) is 3. The Bertz CT molecular complexity index is 721. The molecule has 0 atom stereocenters. The van der Waals surface area contributed by atoms with Gasteiger partial charge in [0.2, 0.25) is 5.91 Å². The summed E-state index contributed by atoms with van der Waals surface area (Å²) in [5.74, 6) is 2.84.